The van der Waals surface area contributed by atoms with E-state index in [9.17, 15) is 9.59 Å². The number of benzene rings is 1. The standard InChI is InChI=1S/C18H17Cl2IN6O3/c1-9-15(21)10(2)27(25-9)8-14-24-18(30-26-14)17(29)23-6-5-22-16(28)12-7-11(19)3-4-13(12)20/h3-4,7H,5-6,8H2,1-2H3,(H,22,28)(H,23,29). The van der Waals surface area contributed by atoms with Crippen LogP contribution >= 0.6 is 45.8 Å². The molecule has 2 N–H and O–H groups in total. The van der Waals surface area contributed by atoms with Gasteiger partial charge >= 0.3 is 11.8 Å². The van der Waals surface area contributed by atoms with E-state index < -0.39 is 11.8 Å². The van der Waals surface area contributed by atoms with Gasteiger partial charge in [0.05, 0.1) is 19.9 Å². The molecular formula is C18H17Cl2IN6O3. The number of aryl methyl sites for hydroxylation is 1. The van der Waals surface area contributed by atoms with Crippen LogP contribution in [0.5, 0.6) is 0 Å². The molecule has 158 valence electrons. The van der Waals surface area contributed by atoms with Crippen LogP contribution in [-0.4, -0.2) is 44.8 Å². The zero-order valence-electron chi connectivity index (χ0n) is 16.0. The highest BCUT2D eigenvalue weighted by atomic mass is 127. The molecule has 0 spiro atoms. The topological polar surface area (TPSA) is 115 Å². The van der Waals surface area contributed by atoms with Gasteiger partial charge in [-0.1, -0.05) is 28.4 Å². The van der Waals surface area contributed by atoms with Crippen molar-refractivity contribution in [1.82, 2.24) is 30.6 Å². The van der Waals surface area contributed by atoms with E-state index in [0.29, 0.717) is 17.4 Å². The van der Waals surface area contributed by atoms with Crippen molar-refractivity contribution in [1.29, 1.82) is 0 Å². The summed E-state index contributed by atoms with van der Waals surface area (Å²) in [5.74, 6) is -0.750. The molecule has 0 radical (unpaired) electrons. The van der Waals surface area contributed by atoms with E-state index >= 15 is 0 Å². The number of rotatable bonds is 7. The van der Waals surface area contributed by atoms with Crippen molar-refractivity contribution in [2.75, 3.05) is 13.1 Å². The van der Waals surface area contributed by atoms with Crippen molar-refractivity contribution in [2.45, 2.75) is 20.4 Å². The number of nitrogens with one attached hydrogen (secondary N) is 2. The Hall–Kier alpha value is -2.18. The summed E-state index contributed by atoms with van der Waals surface area (Å²) in [4.78, 5) is 28.4. The van der Waals surface area contributed by atoms with E-state index in [4.69, 9.17) is 27.7 Å². The summed E-state index contributed by atoms with van der Waals surface area (Å²) in [6.07, 6.45) is 0. The van der Waals surface area contributed by atoms with Gasteiger partial charge in [-0.3, -0.25) is 14.3 Å². The third-order valence-corrected chi connectivity index (χ3v) is 6.24. The van der Waals surface area contributed by atoms with Crippen LogP contribution in [0.15, 0.2) is 22.7 Å². The lowest BCUT2D eigenvalue weighted by molar-refractivity contribution is 0.0898. The molecule has 0 aliphatic heterocycles. The van der Waals surface area contributed by atoms with Crippen molar-refractivity contribution >= 4 is 57.6 Å². The van der Waals surface area contributed by atoms with Crippen LogP contribution in [0.1, 0.15) is 38.3 Å². The van der Waals surface area contributed by atoms with Gasteiger partial charge in [-0.25, -0.2) is 0 Å². The fourth-order valence-corrected chi connectivity index (χ4v) is 3.33. The fraction of sp³-hybridized carbons (Fsp3) is 0.278. The number of halogens is 3. The molecule has 9 nitrogen and oxygen atoms in total. The maximum atomic E-state index is 12.2. The van der Waals surface area contributed by atoms with Gasteiger partial charge in [-0.15, -0.1) is 0 Å². The van der Waals surface area contributed by atoms with Crippen molar-refractivity contribution < 1.29 is 14.1 Å². The molecule has 3 rings (SSSR count). The van der Waals surface area contributed by atoms with Gasteiger partial charge in [0, 0.05) is 23.8 Å². The maximum absolute atomic E-state index is 12.2. The molecule has 30 heavy (non-hydrogen) atoms. The minimum atomic E-state index is -0.535. The predicted molar refractivity (Wildman–Crippen MR) is 119 cm³/mol. The third kappa shape index (κ3) is 5.29. The van der Waals surface area contributed by atoms with Gasteiger partial charge in [0.15, 0.2) is 5.82 Å². The Morgan fingerprint density at radius 1 is 1.17 bits per heavy atom. The van der Waals surface area contributed by atoms with Gasteiger partial charge in [0.25, 0.3) is 5.91 Å². The zero-order chi connectivity index (χ0) is 21.8. The van der Waals surface area contributed by atoms with E-state index in [1.54, 1.807) is 16.8 Å². The summed E-state index contributed by atoms with van der Waals surface area (Å²) in [5, 5.41) is 14.2. The second-order valence-electron chi connectivity index (χ2n) is 6.29. The van der Waals surface area contributed by atoms with Crippen molar-refractivity contribution in [3.8, 4) is 0 Å². The van der Waals surface area contributed by atoms with Gasteiger partial charge in [0.1, 0.15) is 6.54 Å². The molecule has 0 saturated carbocycles. The highest BCUT2D eigenvalue weighted by Gasteiger charge is 2.17. The third-order valence-electron chi connectivity index (χ3n) is 4.12. The van der Waals surface area contributed by atoms with E-state index in [2.05, 4.69) is 48.5 Å². The number of carbonyl (C=O) groups is 2. The average Bonchev–Trinajstić information content (AvgIpc) is 3.28. The molecule has 2 amide bonds. The molecule has 0 saturated heterocycles. The molecule has 0 aliphatic rings. The minimum absolute atomic E-state index is 0.162. The number of hydrogen-bond donors (Lipinski definition) is 2. The van der Waals surface area contributed by atoms with Crippen LogP contribution < -0.4 is 10.6 Å². The largest absolute Gasteiger partial charge is 0.350 e. The molecule has 2 aromatic heterocycles. The summed E-state index contributed by atoms with van der Waals surface area (Å²) < 4.78 is 7.83. The highest BCUT2D eigenvalue weighted by molar-refractivity contribution is 14.1. The van der Waals surface area contributed by atoms with Crippen molar-refractivity contribution in [3.63, 3.8) is 0 Å². The van der Waals surface area contributed by atoms with E-state index in [-0.39, 0.29) is 29.6 Å². The number of aromatic nitrogens is 4. The molecule has 2 heterocycles. The lowest BCUT2D eigenvalue weighted by Crippen LogP contribution is -2.35. The quantitative estimate of drug-likeness (QED) is 0.338. The Morgan fingerprint density at radius 2 is 1.87 bits per heavy atom. The number of amides is 2. The van der Waals surface area contributed by atoms with E-state index in [0.717, 1.165) is 15.0 Å². The molecule has 0 unspecified atom stereocenters. The smallest absolute Gasteiger partial charge is 0.316 e. The van der Waals surface area contributed by atoms with Crippen LogP contribution in [0.4, 0.5) is 0 Å². The van der Waals surface area contributed by atoms with Crippen molar-refractivity contribution in [3.05, 3.63) is 60.5 Å². The molecule has 0 aliphatic carbocycles. The minimum Gasteiger partial charge on any atom is -0.350 e. The lowest BCUT2D eigenvalue weighted by Gasteiger charge is -2.07. The molecule has 12 heteroatoms. The van der Waals surface area contributed by atoms with Gasteiger partial charge in [-0.2, -0.15) is 10.1 Å². The first-order valence-electron chi connectivity index (χ1n) is 8.79. The molecule has 1 aromatic carbocycles. The van der Waals surface area contributed by atoms with E-state index in [1.807, 2.05) is 13.8 Å². The Labute approximate surface area is 195 Å². The maximum Gasteiger partial charge on any atom is 0.316 e. The van der Waals surface area contributed by atoms with Crippen LogP contribution in [0.3, 0.4) is 0 Å². The normalized spacial score (nSPS) is 10.8. The van der Waals surface area contributed by atoms with Crippen LogP contribution in [0.2, 0.25) is 10.0 Å². The van der Waals surface area contributed by atoms with Crippen LogP contribution in [0, 0.1) is 17.4 Å². The van der Waals surface area contributed by atoms with Gasteiger partial charge < -0.3 is 15.2 Å². The molecule has 3 aromatic rings. The summed E-state index contributed by atoms with van der Waals surface area (Å²) in [5.41, 5.74) is 2.16. The molecule has 0 fully saturated rings. The summed E-state index contributed by atoms with van der Waals surface area (Å²) >= 11 is 14.1. The van der Waals surface area contributed by atoms with E-state index in [1.165, 1.54) is 6.07 Å². The SMILES string of the molecule is Cc1nn(Cc2noc(C(=O)NCCNC(=O)c3cc(Cl)ccc3Cl)n2)c(C)c1I. The fourth-order valence-electron chi connectivity index (χ4n) is 2.57. The lowest BCUT2D eigenvalue weighted by atomic mass is 10.2. The highest BCUT2D eigenvalue weighted by Crippen LogP contribution is 2.20. The van der Waals surface area contributed by atoms with Crippen molar-refractivity contribution in [2.24, 2.45) is 0 Å². The Kier molecular flexibility index (Phi) is 7.32. The van der Waals surface area contributed by atoms with Gasteiger partial charge in [-0.05, 0) is 54.6 Å². The monoisotopic (exact) mass is 562 g/mol. The second kappa shape index (κ2) is 9.75. The first-order valence-corrected chi connectivity index (χ1v) is 10.6. The number of hydrogen-bond acceptors (Lipinski definition) is 6. The summed E-state index contributed by atoms with van der Waals surface area (Å²) in [7, 11) is 0. The summed E-state index contributed by atoms with van der Waals surface area (Å²) in [6.45, 7) is 4.50. The van der Waals surface area contributed by atoms with Gasteiger partial charge in [0.2, 0.25) is 0 Å². The molecule has 0 bridgehead atoms. The van der Waals surface area contributed by atoms with Crippen LogP contribution in [-0.2, 0) is 6.54 Å². The van der Waals surface area contributed by atoms with Crippen LogP contribution in [0.25, 0.3) is 0 Å². The molecular weight excluding hydrogens is 546 g/mol. The predicted octanol–water partition coefficient (Wildman–Crippen LogP) is 3.00. The Bertz CT molecular complexity index is 1100. The zero-order valence-corrected chi connectivity index (χ0v) is 19.7. The summed E-state index contributed by atoms with van der Waals surface area (Å²) in [6, 6.07) is 4.61. The first-order chi connectivity index (χ1) is 14.3. The second-order valence-corrected chi connectivity index (χ2v) is 8.22. The number of nitrogens with zero attached hydrogens (tertiary/aromatic N) is 4. The Morgan fingerprint density at radius 3 is 2.53 bits per heavy atom. The average molecular weight is 563 g/mol. The molecule has 0 atom stereocenters. The number of carbonyl (C=O) groups excluding carboxylic acids is 2. The Balaban J connectivity index is 1.49. The first kappa shape index (κ1) is 22.5.